The number of carbonyl (C=O) groups is 2. The fraction of sp³-hybridized carbons (Fsp3) is 0.500. The molecule has 0 aromatic carbocycles. The number of carboxylic acids is 1. The summed E-state index contributed by atoms with van der Waals surface area (Å²) in [6.45, 7) is 7.86. The summed E-state index contributed by atoms with van der Waals surface area (Å²) >= 11 is 6.50. The van der Waals surface area contributed by atoms with Gasteiger partial charge in [-0.25, -0.2) is 4.79 Å². The first kappa shape index (κ1) is 24.0. The van der Waals surface area contributed by atoms with Crippen molar-refractivity contribution >= 4 is 23.5 Å². The van der Waals surface area contributed by atoms with E-state index in [1.807, 2.05) is 32.9 Å². The van der Waals surface area contributed by atoms with Gasteiger partial charge in [0.1, 0.15) is 0 Å². The highest BCUT2D eigenvalue weighted by molar-refractivity contribution is 6.31. The molecule has 4 unspecified atom stereocenters. The summed E-state index contributed by atoms with van der Waals surface area (Å²) in [5.41, 5.74) is 2.52. The normalized spacial score (nSPS) is 27.7. The number of piperidine rings is 1. The maximum absolute atomic E-state index is 12.5. The summed E-state index contributed by atoms with van der Waals surface area (Å²) in [5.74, 6) is -1.10. The lowest BCUT2D eigenvalue weighted by Gasteiger charge is -2.43. The molecule has 174 valence electrons. The van der Waals surface area contributed by atoms with E-state index in [1.165, 1.54) is 6.42 Å². The van der Waals surface area contributed by atoms with Crippen molar-refractivity contribution in [3.8, 4) is 0 Å². The molecule has 0 aromatic rings. The average molecular weight is 461 g/mol. The average Bonchev–Trinajstić information content (AvgIpc) is 2.80. The summed E-state index contributed by atoms with van der Waals surface area (Å²) < 4.78 is 0. The lowest BCUT2D eigenvalue weighted by molar-refractivity contribution is -0.138. The molecule has 1 saturated heterocycles. The summed E-state index contributed by atoms with van der Waals surface area (Å²) in [4.78, 5) is 26.4. The van der Waals surface area contributed by atoms with Gasteiger partial charge in [0, 0.05) is 47.6 Å². The van der Waals surface area contributed by atoms with Crippen LogP contribution in [0.5, 0.6) is 0 Å². The topological polar surface area (TPSA) is 93.7 Å². The molecule has 0 aromatic heterocycles. The second kappa shape index (κ2) is 10.8. The first-order valence-electron chi connectivity index (χ1n) is 11.4. The van der Waals surface area contributed by atoms with E-state index >= 15 is 0 Å². The number of amides is 1. The molecule has 4 rings (SSSR count). The highest BCUT2D eigenvalue weighted by Gasteiger charge is 2.39. The minimum Gasteiger partial charge on any atom is -0.479 e. The van der Waals surface area contributed by atoms with Gasteiger partial charge in [0.05, 0.1) is 6.04 Å². The Hall–Kier alpha value is -2.67. The van der Waals surface area contributed by atoms with Crippen molar-refractivity contribution in [1.29, 1.82) is 0 Å². The van der Waals surface area contributed by atoms with Crippen LogP contribution in [-0.4, -0.2) is 53.1 Å². The molecule has 7 nitrogen and oxygen atoms in total. The van der Waals surface area contributed by atoms with Gasteiger partial charge in [0.2, 0.25) is 5.91 Å². The highest BCUT2D eigenvalue weighted by atomic mass is 35.5. The van der Waals surface area contributed by atoms with Gasteiger partial charge in [-0.1, -0.05) is 31.5 Å². The number of carbonyl (C=O) groups excluding carboxylic acids is 1. The van der Waals surface area contributed by atoms with Crippen LogP contribution >= 0.6 is 11.6 Å². The van der Waals surface area contributed by atoms with E-state index in [9.17, 15) is 14.7 Å². The van der Waals surface area contributed by atoms with Gasteiger partial charge in [-0.15, -0.1) is 0 Å². The van der Waals surface area contributed by atoms with E-state index in [0.29, 0.717) is 10.7 Å². The number of fused-ring (bicyclic) bond motifs is 1. The molecule has 1 fully saturated rings. The molecule has 4 atom stereocenters. The van der Waals surface area contributed by atoms with Crippen molar-refractivity contribution in [2.75, 3.05) is 13.1 Å². The molecule has 32 heavy (non-hydrogen) atoms. The maximum atomic E-state index is 12.5. The first-order chi connectivity index (χ1) is 15.4. The third-order valence-corrected chi connectivity index (χ3v) is 6.31. The predicted molar refractivity (Wildman–Crippen MR) is 127 cm³/mol. The molecule has 0 spiro atoms. The number of allylic oxidation sites excluding steroid dienone is 4. The number of rotatable bonds is 5. The molecule has 0 saturated carbocycles. The van der Waals surface area contributed by atoms with Crippen LogP contribution in [0.25, 0.3) is 0 Å². The van der Waals surface area contributed by atoms with Gasteiger partial charge < -0.3 is 26.0 Å². The third-order valence-electron chi connectivity index (χ3n) is 6.08. The standard InChI is InChI=1S/C22H27ClN4O3.C2H6/c1-13(25-17-6-5-7-24-21(17)22(29)30)15-10-14(23)11-16-18(12-19(28)26-20(15)16)27-8-3-2-4-9-27;1-2/h5-7,10-13,16,20-21,24-25H,2-4,8-9H2,1H3,(H,26,28)(H,29,30);1-2H3. The van der Waals surface area contributed by atoms with Crippen LogP contribution in [0.4, 0.5) is 0 Å². The van der Waals surface area contributed by atoms with Crippen molar-refractivity contribution in [2.24, 2.45) is 5.92 Å². The Labute approximate surface area is 194 Å². The number of aliphatic carboxylic acids is 1. The minimum absolute atomic E-state index is 0.0359. The lowest BCUT2D eigenvalue weighted by Crippen LogP contribution is -2.53. The van der Waals surface area contributed by atoms with E-state index < -0.39 is 12.0 Å². The van der Waals surface area contributed by atoms with Crippen molar-refractivity contribution in [2.45, 2.75) is 58.2 Å². The van der Waals surface area contributed by atoms with Gasteiger partial charge in [-0.05, 0) is 56.2 Å². The van der Waals surface area contributed by atoms with Crippen molar-refractivity contribution in [1.82, 2.24) is 20.9 Å². The van der Waals surface area contributed by atoms with Crippen molar-refractivity contribution in [3.05, 3.63) is 58.6 Å². The molecule has 0 radical (unpaired) electrons. The van der Waals surface area contributed by atoms with E-state index in [0.717, 1.165) is 37.2 Å². The van der Waals surface area contributed by atoms with Crippen molar-refractivity contribution < 1.29 is 14.7 Å². The van der Waals surface area contributed by atoms with Gasteiger partial charge in [-0.3, -0.25) is 4.79 Å². The van der Waals surface area contributed by atoms with Crippen molar-refractivity contribution in [3.63, 3.8) is 0 Å². The van der Waals surface area contributed by atoms with Crippen LogP contribution < -0.4 is 16.0 Å². The van der Waals surface area contributed by atoms with Crippen LogP contribution in [0.15, 0.2) is 58.6 Å². The maximum Gasteiger partial charge on any atom is 0.332 e. The Bertz CT molecular complexity index is 884. The Kier molecular flexibility index (Phi) is 8.07. The Balaban J connectivity index is 0.00000141. The second-order valence-electron chi connectivity index (χ2n) is 8.11. The van der Waals surface area contributed by atoms with Gasteiger partial charge in [-0.2, -0.15) is 0 Å². The highest BCUT2D eigenvalue weighted by Crippen LogP contribution is 2.36. The molecule has 3 aliphatic heterocycles. The zero-order chi connectivity index (χ0) is 23.3. The molecular weight excluding hydrogens is 428 g/mol. The quantitative estimate of drug-likeness (QED) is 0.504. The Morgan fingerprint density at radius 3 is 2.66 bits per heavy atom. The van der Waals surface area contributed by atoms with Crippen LogP contribution in [0, 0.1) is 5.92 Å². The largest absolute Gasteiger partial charge is 0.479 e. The molecule has 4 aliphatic rings. The van der Waals surface area contributed by atoms with Crippen LogP contribution in [0.2, 0.25) is 0 Å². The Morgan fingerprint density at radius 2 is 1.97 bits per heavy atom. The summed E-state index contributed by atoms with van der Waals surface area (Å²) in [6, 6.07) is -1.28. The van der Waals surface area contributed by atoms with E-state index in [1.54, 1.807) is 24.4 Å². The molecule has 3 heterocycles. The number of halogens is 1. The van der Waals surface area contributed by atoms with Crippen LogP contribution in [0.3, 0.4) is 0 Å². The van der Waals surface area contributed by atoms with Gasteiger partial charge in [0.25, 0.3) is 0 Å². The molecule has 8 heteroatoms. The fourth-order valence-corrected chi connectivity index (χ4v) is 4.90. The zero-order valence-corrected chi connectivity index (χ0v) is 19.7. The molecule has 1 aliphatic carbocycles. The van der Waals surface area contributed by atoms with E-state index in [2.05, 4.69) is 20.9 Å². The molecular formula is C24H33ClN4O3. The summed E-state index contributed by atoms with van der Waals surface area (Å²) in [5, 5.41) is 19.4. The van der Waals surface area contributed by atoms with Gasteiger partial charge in [0.15, 0.2) is 6.04 Å². The monoisotopic (exact) mass is 460 g/mol. The Morgan fingerprint density at radius 1 is 1.25 bits per heavy atom. The first-order valence-corrected chi connectivity index (χ1v) is 11.8. The number of hydrogen-bond acceptors (Lipinski definition) is 5. The number of dihydropyridines is 1. The zero-order valence-electron chi connectivity index (χ0n) is 18.9. The molecule has 1 amide bonds. The summed E-state index contributed by atoms with van der Waals surface area (Å²) in [7, 11) is 0. The predicted octanol–water partition coefficient (Wildman–Crippen LogP) is 2.99. The summed E-state index contributed by atoms with van der Waals surface area (Å²) in [6.07, 6.45) is 14.2. The lowest BCUT2D eigenvalue weighted by atomic mass is 9.80. The minimum atomic E-state index is -0.958. The van der Waals surface area contributed by atoms with E-state index in [-0.39, 0.29) is 23.9 Å². The van der Waals surface area contributed by atoms with Crippen LogP contribution in [-0.2, 0) is 9.59 Å². The second-order valence-corrected chi connectivity index (χ2v) is 8.55. The van der Waals surface area contributed by atoms with Crippen LogP contribution in [0.1, 0.15) is 40.0 Å². The number of hydrogen-bond donors (Lipinski definition) is 4. The smallest absolute Gasteiger partial charge is 0.332 e. The van der Waals surface area contributed by atoms with Gasteiger partial charge >= 0.3 is 5.97 Å². The fourth-order valence-electron chi connectivity index (χ4n) is 4.63. The number of likely N-dealkylation sites (tertiary alicyclic amines) is 1. The number of carboxylic acid groups (broad SMARTS) is 1. The van der Waals surface area contributed by atoms with E-state index in [4.69, 9.17) is 11.6 Å². The number of nitrogens with zero attached hydrogens (tertiary/aromatic N) is 1. The molecule has 0 bridgehead atoms. The SMILES string of the molecule is CC.CC(NC1=CC=CNC1C(=O)O)C1=CC(Cl)=CC2C(N3CCCCC3)=CC(=O)NC12. The molecule has 4 N–H and O–H groups in total. The third kappa shape index (κ3) is 5.21. The number of nitrogens with one attached hydrogen (secondary N) is 3.